The molecule has 2 atom stereocenters. The summed E-state index contributed by atoms with van der Waals surface area (Å²) >= 11 is 0. The van der Waals surface area contributed by atoms with Crippen LogP contribution >= 0.6 is 0 Å². The number of benzene rings is 2. The molecule has 1 fully saturated rings. The number of likely N-dealkylation sites (N-methyl/N-ethyl adjacent to an activating group) is 2. The van der Waals surface area contributed by atoms with Crippen molar-refractivity contribution in [1.82, 2.24) is 9.80 Å². The molecule has 0 bridgehead atoms. The fourth-order valence-corrected chi connectivity index (χ4v) is 3.03. The van der Waals surface area contributed by atoms with Crippen molar-refractivity contribution in [3.8, 4) is 0 Å². The van der Waals surface area contributed by atoms with E-state index in [-0.39, 0.29) is 12.1 Å². The molecule has 3 nitrogen and oxygen atoms in total. The molecule has 0 aliphatic carbocycles. The maximum atomic E-state index is 10.3. The summed E-state index contributed by atoms with van der Waals surface area (Å²) in [6.45, 7) is 0. The second-order valence-corrected chi connectivity index (χ2v) is 5.23. The van der Waals surface area contributed by atoms with Crippen molar-refractivity contribution < 1.29 is 0 Å². The zero-order valence-corrected chi connectivity index (χ0v) is 11.8. The standard InChI is InChI=1S/C17H18N3/c1-19-15(13-9-5-3-6-10-13)16(20(2)17(19)18)14-11-7-4-8-12-14/h3-12,15-16H,1-2H3/q-1. The van der Waals surface area contributed by atoms with Gasteiger partial charge in [0.1, 0.15) is 0 Å². The summed E-state index contributed by atoms with van der Waals surface area (Å²) in [6, 6.07) is 20.9. The van der Waals surface area contributed by atoms with Crippen molar-refractivity contribution in [2.24, 2.45) is 0 Å². The van der Waals surface area contributed by atoms with Gasteiger partial charge in [0.15, 0.2) is 0 Å². The van der Waals surface area contributed by atoms with Gasteiger partial charge in [0.25, 0.3) is 0 Å². The third-order valence-corrected chi connectivity index (χ3v) is 4.05. The van der Waals surface area contributed by atoms with Crippen LogP contribution in [0.2, 0.25) is 0 Å². The first-order chi connectivity index (χ1) is 9.70. The van der Waals surface area contributed by atoms with Crippen molar-refractivity contribution in [2.75, 3.05) is 14.1 Å². The molecule has 0 amide bonds. The van der Waals surface area contributed by atoms with Crippen LogP contribution in [-0.2, 0) is 0 Å². The Hall–Kier alpha value is -2.29. The summed E-state index contributed by atoms with van der Waals surface area (Å²) in [5.74, 6) is 0.313. The van der Waals surface area contributed by atoms with Crippen LogP contribution in [0.25, 0.3) is 5.41 Å². The topological polar surface area (TPSA) is 28.8 Å². The second kappa shape index (κ2) is 5.00. The molecule has 1 heterocycles. The van der Waals surface area contributed by atoms with Crippen LogP contribution in [0.15, 0.2) is 60.7 Å². The molecular formula is C17H18N3-. The first kappa shape index (κ1) is 12.7. The van der Waals surface area contributed by atoms with Crippen LogP contribution < -0.4 is 0 Å². The molecule has 3 rings (SSSR count). The Morgan fingerprint density at radius 1 is 0.700 bits per heavy atom. The van der Waals surface area contributed by atoms with E-state index >= 15 is 0 Å². The van der Waals surface area contributed by atoms with E-state index in [4.69, 9.17) is 0 Å². The van der Waals surface area contributed by atoms with Crippen molar-refractivity contribution in [1.29, 1.82) is 0 Å². The van der Waals surface area contributed by atoms with E-state index in [9.17, 15) is 5.41 Å². The van der Waals surface area contributed by atoms with Gasteiger partial charge in [-0.3, -0.25) is 0 Å². The lowest BCUT2D eigenvalue weighted by Gasteiger charge is -2.31. The van der Waals surface area contributed by atoms with Crippen LogP contribution in [0.4, 0.5) is 0 Å². The molecule has 1 aliphatic heterocycles. The Morgan fingerprint density at radius 3 is 1.40 bits per heavy atom. The van der Waals surface area contributed by atoms with Gasteiger partial charge in [-0.2, -0.15) is 0 Å². The third-order valence-electron chi connectivity index (χ3n) is 4.05. The molecule has 0 radical (unpaired) electrons. The molecule has 0 aromatic heterocycles. The van der Waals surface area contributed by atoms with Gasteiger partial charge in [0, 0.05) is 18.0 Å². The van der Waals surface area contributed by atoms with E-state index in [2.05, 4.69) is 24.3 Å². The summed E-state index contributed by atoms with van der Waals surface area (Å²) in [6.07, 6.45) is 0. The first-order valence-corrected chi connectivity index (χ1v) is 6.81. The maximum absolute atomic E-state index is 10.3. The molecule has 1 aliphatic rings. The fourth-order valence-electron chi connectivity index (χ4n) is 3.03. The molecule has 1 saturated heterocycles. The molecule has 2 unspecified atom stereocenters. The van der Waals surface area contributed by atoms with Gasteiger partial charge in [-0.1, -0.05) is 60.7 Å². The van der Waals surface area contributed by atoms with Gasteiger partial charge < -0.3 is 15.2 Å². The smallest absolute Gasteiger partial charge is 0.0226 e. The van der Waals surface area contributed by atoms with Crippen LogP contribution in [0, 0.1) is 0 Å². The van der Waals surface area contributed by atoms with Crippen molar-refractivity contribution in [3.63, 3.8) is 0 Å². The van der Waals surface area contributed by atoms with Gasteiger partial charge in [-0.05, 0) is 25.2 Å². The van der Waals surface area contributed by atoms with E-state index in [1.54, 1.807) is 0 Å². The number of nitrogens with zero attached hydrogens (tertiary/aromatic N) is 3. The minimum absolute atomic E-state index is 0.114. The Balaban J connectivity index is 2.07. The Morgan fingerprint density at radius 2 is 1.05 bits per heavy atom. The lowest BCUT2D eigenvalue weighted by atomic mass is 9.93. The van der Waals surface area contributed by atoms with Gasteiger partial charge >= 0.3 is 0 Å². The summed E-state index contributed by atoms with van der Waals surface area (Å²) in [7, 11) is 3.87. The van der Waals surface area contributed by atoms with E-state index < -0.39 is 0 Å². The Labute approximate surface area is 120 Å². The highest BCUT2D eigenvalue weighted by atomic mass is 15.4. The quantitative estimate of drug-likeness (QED) is 0.833. The molecule has 3 heteroatoms. The average molecular weight is 264 g/mol. The van der Waals surface area contributed by atoms with Crippen molar-refractivity contribution in [2.45, 2.75) is 12.1 Å². The predicted octanol–water partition coefficient (Wildman–Crippen LogP) is 3.27. The number of guanidine groups is 1. The molecular weight excluding hydrogens is 246 g/mol. The zero-order chi connectivity index (χ0) is 14.1. The Bertz CT molecular complexity index is 541. The van der Waals surface area contributed by atoms with E-state index in [1.807, 2.05) is 60.3 Å². The lowest BCUT2D eigenvalue weighted by Crippen LogP contribution is -2.27. The Kier molecular flexibility index (Phi) is 3.18. The largest absolute Gasteiger partial charge is 0.421 e. The molecule has 20 heavy (non-hydrogen) atoms. The van der Waals surface area contributed by atoms with Crippen LogP contribution in [0.5, 0.6) is 0 Å². The van der Waals surface area contributed by atoms with E-state index in [0.717, 1.165) is 0 Å². The van der Waals surface area contributed by atoms with Gasteiger partial charge in [0.05, 0.1) is 0 Å². The van der Waals surface area contributed by atoms with Gasteiger partial charge in [-0.25, -0.2) is 0 Å². The molecule has 0 spiro atoms. The van der Waals surface area contributed by atoms with Crippen molar-refractivity contribution in [3.05, 3.63) is 77.2 Å². The highest BCUT2D eigenvalue weighted by molar-refractivity contribution is 5.86. The molecule has 0 N–H and O–H groups in total. The number of rotatable bonds is 2. The lowest BCUT2D eigenvalue weighted by molar-refractivity contribution is 0.316. The molecule has 2 aromatic rings. The van der Waals surface area contributed by atoms with Gasteiger partial charge in [-0.15, -0.1) is 0 Å². The fraction of sp³-hybridized carbons (Fsp3) is 0.235. The summed E-state index contributed by atoms with van der Waals surface area (Å²) in [5.41, 5.74) is 2.42. The third kappa shape index (κ3) is 1.95. The second-order valence-electron chi connectivity index (χ2n) is 5.23. The minimum atomic E-state index is 0.114. The predicted molar refractivity (Wildman–Crippen MR) is 82.3 cm³/mol. The summed E-state index contributed by atoms with van der Waals surface area (Å²) < 4.78 is 0. The average Bonchev–Trinajstić information content (AvgIpc) is 2.73. The normalized spacial score (nSPS) is 22.4. The highest BCUT2D eigenvalue weighted by Crippen LogP contribution is 2.42. The summed E-state index contributed by atoms with van der Waals surface area (Å²) in [5, 5.41) is 10.3. The van der Waals surface area contributed by atoms with E-state index in [0.29, 0.717) is 5.96 Å². The van der Waals surface area contributed by atoms with Crippen LogP contribution in [0.3, 0.4) is 0 Å². The SMILES string of the molecule is CN1C(=[N-])N(C)C(c2ccccc2)C1c1ccccc1. The van der Waals surface area contributed by atoms with Crippen LogP contribution in [-0.4, -0.2) is 29.9 Å². The highest BCUT2D eigenvalue weighted by Gasteiger charge is 2.34. The van der Waals surface area contributed by atoms with Gasteiger partial charge in [0.2, 0.25) is 0 Å². The number of hydrogen-bond donors (Lipinski definition) is 0. The first-order valence-electron chi connectivity index (χ1n) is 6.81. The summed E-state index contributed by atoms with van der Waals surface area (Å²) in [4.78, 5) is 3.88. The maximum Gasteiger partial charge on any atom is 0.0226 e. The monoisotopic (exact) mass is 264 g/mol. The van der Waals surface area contributed by atoms with Crippen molar-refractivity contribution >= 4 is 5.96 Å². The van der Waals surface area contributed by atoms with Crippen LogP contribution in [0.1, 0.15) is 23.2 Å². The molecule has 0 saturated carbocycles. The minimum Gasteiger partial charge on any atom is -0.421 e. The number of hydrogen-bond acceptors (Lipinski definition) is 0. The zero-order valence-electron chi connectivity index (χ0n) is 11.8. The van der Waals surface area contributed by atoms with E-state index in [1.165, 1.54) is 11.1 Å². The molecule has 102 valence electrons. The molecule has 2 aromatic carbocycles.